The SMILES string of the molecule is C#CCOc1cc(CNC(=O)OCc2ccccc2)ccc1OC. The fourth-order valence-corrected chi connectivity index (χ4v) is 2.01. The molecular formula is C19H19NO4. The second-order valence-electron chi connectivity index (χ2n) is 4.89. The van der Waals surface area contributed by atoms with E-state index < -0.39 is 6.09 Å². The number of terminal acetylenes is 1. The summed E-state index contributed by atoms with van der Waals surface area (Å²) in [6.45, 7) is 0.683. The first-order chi connectivity index (χ1) is 11.7. The van der Waals surface area contributed by atoms with Crippen LogP contribution < -0.4 is 14.8 Å². The van der Waals surface area contributed by atoms with Crippen LogP contribution in [0.15, 0.2) is 48.5 Å². The van der Waals surface area contributed by atoms with Gasteiger partial charge >= 0.3 is 6.09 Å². The molecule has 0 heterocycles. The number of hydrogen-bond donors (Lipinski definition) is 1. The third-order valence-electron chi connectivity index (χ3n) is 3.19. The second-order valence-corrected chi connectivity index (χ2v) is 4.89. The molecule has 0 fully saturated rings. The van der Waals surface area contributed by atoms with Crippen molar-refractivity contribution in [1.82, 2.24) is 5.32 Å². The number of carbonyl (C=O) groups excluding carboxylic acids is 1. The van der Waals surface area contributed by atoms with E-state index in [4.69, 9.17) is 20.6 Å². The summed E-state index contributed by atoms with van der Waals surface area (Å²) in [5, 5.41) is 2.69. The summed E-state index contributed by atoms with van der Waals surface area (Å²) < 4.78 is 15.8. The number of alkyl carbamates (subject to hydrolysis) is 1. The molecule has 1 amide bonds. The van der Waals surface area contributed by atoms with E-state index in [1.807, 2.05) is 36.4 Å². The van der Waals surface area contributed by atoms with E-state index in [1.54, 1.807) is 19.2 Å². The van der Waals surface area contributed by atoms with Crippen molar-refractivity contribution in [3.05, 3.63) is 59.7 Å². The van der Waals surface area contributed by atoms with Gasteiger partial charge in [-0.15, -0.1) is 6.42 Å². The molecule has 2 rings (SSSR count). The maximum Gasteiger partial charge on any atom is 0.407 e. The van der Waals surface area contributed by atoms with Crippen LogP contribution in [0.4, 0.5) is 4.79 Å². The molecule has 0 saturated heterocycles. The van der Waals surface area contributed by atoms with Crippen molar-refractivity contribution >= 4 is 6.09 Å². The van der Waals surface area contributed by atoms with Crippen molar-refractivity contribution in [1.29, 1.82) is 0 Å². The van der Waals surface area contributed by atoms with Crippen molar-refractivity contribution in [3.8, 4) is 23.8 Å². The minimum absolute atomic E-state index is 0.145. The summed E-state index contributed by atoms with van der Waals surface area (Å²) in [7, 11) is 1.55. The quantitative estimate of drug-likeness (QED) is 0.795. The molecule has 0 unspecified atom stereocenters. The highest BCUT2D eigenvalue weighted by Crippen LogP contribution is 2.27. The highest BCUT2D eigenvalue weighted by atomic mass is 16.5. The monoisotopic (exact) mass is 325 g/mol. The molecule has 0 aromatic heterocycles. The normalized spacial score (nSPS) is 9.67. The van der Waals surface area contributed by atoms with Gasteiger partial charge in [0, 0.05) is 6.54 Å². The van der Waals surface area contributed by atoms with Crippen LogP contribution in [-0.4, -0.2) is 19.8 Å². The molecule has 2 aromatic carbocycles. The van der Waals surface area contributed by atoms with Crippen LogP contribution >= 0.6 is 0 Å². The zero-order valence-corrected chi connectivity index (χ0v) is 13.5. The Morgan fingerprint density at radius 3 is 2.62 bits per heavy atom. The summed E-state index contributed by atoms with van der Waals surface area (Å²) in [6, 6.07) is 14.9. The lowest BCUT2D eigenvalue weighted by atomic mass is 10.2. The van der Waals surface area contributed by atoms with E-state index >= 15 is 0 Å². The van der Waals surface area contributed by atoms with E-state index in [2.05, 4.69) is 11.2 Å². The zero-order chi connectivity index (χ0) is 17.2. The van der Waals surface area contributed by atoms with Crippen LogP contribution in [0.25, 0.3) is 0 Å². The average Bonchev–Trinajstić information content (AvgIpc) is 2.63. The van der Waals surface area contributed by atoms with Gasteiger partial charge in [0.1, 0.15) is 13.2 Å². The number of amides is 1. The third-order valence-corrected chi connectivity index (χ3v) is 3.19. The van der Waals surface area contributed by atoms with Crippen LogP contribution in [0.5, 0.6) is 11.5 Å². The van der Waals surface area contributed by atoms with Crippen molar-refractivity contribution < 1.29 is 19.0 Å². The molecule has 0 atom stereocenters. The number of ether oxygens (including phenoxy) is 3. The fourth-order valence-electron chi connectivity index (χ4n) is 2.01. The van der Waals surface area contributed by atoms with Gasteiger partial charge in [-0.2, -0.15) is 0 Å². The van der Waals surface area contributed by atoms with Crippen LogP contribution in [0.2, 0.25) is 0 Å². The first kappa shape index (κ1) is 17.2. The summed E-state index contributed by atoms with van der Waals surface area (Å²) in [5.41, 5.74) is 1.78. The molecule has 5 nitrogen and oxygen atoms in total. The van der Waals surface area contributed by atoms with Crippen LogP contribution in [-0.2, 0) is 17.9 Å². The Balaban J connectivity index is 1.86. The number of nitrogens with one attached hydrogen (secondary N) is 1. The second kappa shape index (κ2) is 9.11. The van der Waals surface area contributed by atoms with Crippen LogP contribution in [0.3, 0.4) is 0 Å². The molecule has 0 saturated carbocycles. The number of hydrogen-bond acceptors (Lipinski definition) is 4. The van der Waals surface area contributed by atoms with Gasteiger partial charge in [0.15, 0.2) is 11.5 Å². The summed E-state index contributed by atoms with van der Waals surface area (Å²) >= 11 is 0. The highest BCUT2D eigenvalue weighted by molar-refractivity contribution is 5.67. The Labute approximate surface area is 141 Å². The van der Waals surface area contributed by atoms with E-state index in [1.165, 1.54) is 0 Å². The van der Waals surface area contributed by atoms with Gasteiger partial charge in [-0.25, -0.2) is 4.79 Å². The lowest BCUT2D eigenvalue weighted by Crippen LogP contribution is -2.23. The smallest absolute Gasteiger partial charge is 0.407 e. The van der Waals surface area contributed by atoms with Gasteiger partial charge in [0.25, 0.3) is 0 Å². The number of methoxy groups -OCH3 is 1. The van der Waals surface area contributed by atoms with Crippen LogP contribution in [0.1, 0.15) is 11.1 Å². The number of rotatable bonds is 7. The van der Waals surface area contributed by atoms with Gasteiger partial charge in [-0.05, 0) is 23.3 Å². The molecule has 24 heavy (non-hydrogen) atoms. The molecule has 124 valence electrons. The fraction of sp³-hybridized carbons (Fsp3) is 0.211. The number of benzene rings is 2. The Bertz CT molecular complexity index is 707. The lowest BCUT2D eigenvalue weighted by molar-refractivity contribution is 0.139. The minimum Gasteiger partial charge on any atom is -0.493 e. The van der Waals surface area contributed by atoms with Crippen molar-refractivity contribution in [2.75, 3.05) is 13.7 Å². The predicted octanol–water partition coefficient (Wildman–Crippen LogP) is 3.13. The van der Waals surface area contributed by atoms with Crippen molar-refractivity contribution in [3.63, 3.8) is 0 Å². The molecule has 0 aliphatic carbocycles. The van der Waals surface area contributed by atoms with Gasteiger partial charge < -0.3 is 19.5 Å². The Morgan fingerprint density at radius 2 is 1.92 bits per heavy atom. The topological polar surface area (TPSA) is 56.8 Å². The van der Waals surface area contributed by atoms with Gasteiger partial charge in [-0.3, -0.25) is 0 Å². The molecule has 0 bridgehead atoms. The average molecular weight is 325 g/mol. The maximum absolute atomic E-state index is 11.8. The molecular weight excluding hydrogens is 306 g/mol. The molecule has 5 heteroatoms. The Kier molecular flexibility index (Phi) is 6.54. The molecule has 0 spiro atoms. The van der Waals surface area contributed by atoms with E-state index in [-0.39, 0.29) is 13.2 Å². The Hall–Kier alpha value is -3.13. The third kappa shape index (κ3) is 5.25. The Morgan fingerprint density at radius 1 is 1.12 bits per heavy atom. The highest BCUT2D eigenvalue weighted by Gasteiger charge is 2.07. The maximum atomic E-state index is 11.8. The van der Waals surface area contributed by atoms with Crippen molar-refractivity contribution in [2.24, 2.45) is 0 Å². The van der Waals surface area contributed by atoms with Gasteiger partial charge in [0.05, 0.1) is 7.11 Å². The molecule has 0 aliphatic heterocycles. The first-order valence-electron chi connectivity index (χ1n) is 7.40. The molecule has 0 radical (unpaired) electrons. The number of carbonyl (C=O) groups is 1. The predicted molar refractivity (Wildman–Crippen MR) is 90.8 cm³/mol. The first-order valence-corrected chi connectivity index (χ1v) is 7.40. The largest absolute Gasteiger partial charge is 0.493 e. The molecule has 0 aliphatic rings. The summed E-state index contributed by atoms with van der Waals surface area (Å²) in [5.74, 6) is 3.52. The van der Waals surface area contributed by atoms with Crippen LogP contribution in [0, 0.1) is 12.3 Å². The standard InChI is InChI=1S/C19H19NO4/c1-3-11-23-18-12-16(9-10-17(18)22-2)13-20-19(21)24-14-15-7-5-4-6-8-15/h1,4-10,12H,11,13-14H2,2H3,(H,20,21). The molecule has 2 aromatic rings. The van der Waals surface area contributed by atoms with E-state index in [0.717, 1.165) is 11.1 Å². The zero-order valence-electron chi connectivity index (χ0n) is 13.5. The van der Waals surface area contributed by atoms with Gasteiger partial charge in [-0.1, -0.05) is 42.3 Å². The lowest BCUT2D eigenvalue weighted by Gasteiger charge is -2.11. The summed E-state index contributed by atoms with van der Waals surface area (Å²) in [6.07, 6.45) is 4.71. The van der Waals surface area contributed by atoms with E-state index in [0.29, 0.717) is 18.0 Å². The van der Waals surface area contributed by atoms with Gasteiger partial charge in [0.2, 0.25) is 0 Å². The van der Waals surface area contributed by atoms with E-state index in [9.17, 15) is 4.79 Å². The molecule has 1 N–H and O–H groups in total. The minimum atomic E-state index is -0.485. The van der Waals surface area contributed by atoms with Crippen molar-refractivity contribution in [2.45, 2.75) is 13.2 Å². The summed E-state index contributed by atoms with van der Waals surface area (Å²) in [4.78, 5) is 11.8.